The van der Waals surface area contributed by atoms with Crippen LogP contribution in [0.5, 0.6) is 0 Å². The maximum Gasteiger partial charge on any atom is 0.0705 e. The normalized spacial score (nSPS) is 11.4. The summed E-state index contributed by atoms with van der Waals surface area (Å²) in [5.41, 5.74) is 8.46. The molecule has 0 spiro atoms. The van der Waals surface area contributed by atoms with Gasteiger partial charge in [-0.15, -0.1) is 0 Å². The van der Waals surface area contributed by atoms with Gasteiger partial charge in [0.1, 0.15) is 0 Å². The van der Waals surface area contributed by atoms with Gasteiger partial charge >= 0.3 is 0 Å². The second kappa shape index (κ2) is 6.64. The van der Waals surface area contributed by atoms with E-state index in [0.29, 0.717) is 0 Å². The van der Waals surface area contributed by atoms with E-state index in [1.165, 1.54) is 11.1 Å². The van der Waals surface area contributed by atoms with Crippen molar-refractivity contribution in [1.82, 2.24) is 0 Å². The predicted octanol–water partition coefficient (Wildman–Crippen LogP) is 2.80. The molecular formula is C17H17N. The van der Waals surface area contributed by atoms with E-state index in [4.69, 9.17) is 5.73 Å². The molecule has 0 aliphatic heterocycles. The largest absolute Gasteiger partial charge is 0.317 e. The Labute approximate surface area is 109 Å². The molecular weight excluding hydrogens is 218 g/mol. The van der Waals surface area contributed by atoms with Gasteiger partial charge < -0.3 is 5.73 Å². The minimum absolute atomic E-state index is 0.0869. The summed E-state index contributed by atoms with van der Waals surface area (Å²) in [7, 11) is 0. The van der Waals surface area contributed by atoms with Gasteiger partial charge in [-0.1, -0.05) is 72.5 Å². The van der Waals surface area contributed by atoms with Crippen molar-refractivity contribution in [3.8, 4) is 11.8 Å². The molecule has 0 fully saturated rings. The van der Waals surface area contributed by atoms with Crippen molar-refractivity contribution < 1.29 is 0 Å². The number of hydrogen-bond donors (Lipinski definition) is 1. The molecule has 0 amide bonds. The number of nitrogens with two attached hydrogens (primary N) is 1. The van der Waals surface area contributed by atoms with Gasteiger partial charge in [0.2, 0.25) is 0 Å². The van der Waals surface area contributed by atoms with Crippen molar-refractivity contribution >= 4 is 0 Å². The second-order valence-corrected chi connectivity index (χ2v) is 4.28. The van der Waals surface area contributed by atoms with Crippen molar-refractivity contribution in [2.75, 3.05) is 0 Å². The molecule has 2 rings (SSSR count). The third-order valence-corrected chi connectivity index (χ3v) is 2.72. The van der Waals surface area contributed by atoms with E-state index in [2.05, 4.69) is 36.1 Å². The number of benzene rings is 2. The zero-order valence-electron chi connectivity index (χ0n) is 10.3. The van der Waals surface area contributed by atoms with Crippen LogP contribution in [-0.4, -0.2) is 6.04 Å². The summed E-state index contributed by atoms with van der Waals surface area (Å²) in [5.74, 6) is 6.25. The summed E-state index contributed by atoms with van der Waals surface area (Å²) in [4.78, 5) is 0. The van der Waals surface area contributed by atoms with Crippen LogP contribution < -0.4 is 5.73 Å². The SMILES string of the molecule is NC(C#CCc1ccccc1)Cc1ccccc1. The fourth-order valence-corrected chi connectivity index (χ4v) is 1.80. The molecule has 1 atom stereocenters. The van der Waals surface area contributed by atoms with E-state index in [0.717, 1.165) is 12.8 Å². The average Bonchev–Trinajstić information content (AvgIpc) is 2.41. The van der Waals surface area contributed by atoms with Gasteiger partial charge in [0, 0.05) is 6.42 Å². The molecule has 1 unspecified atom stereocenters. The van der Waals surface area contributed by atoms with Crippen LogP contribution in [0.3, 0.4) is 0 Å². The van der Waals surface area contributed by atoms with E-state index < -0.39 is 0 Å². The summed E-state index contributed by atoms with van der Waals surface area (Å²) in [6, 6.07) is 20.4. The highest BCUT2D eigenvalue weighted by Gasteiger charge is 1.98. The third kappa shape index (κ3) is 4.08. The first-order valence-corrected chi connectivity index (χ1v) is 6.16. The van der Waals surface area contributed by atoms with Gasteiger partial charge in [-0.05, 0) is 17.5 Å². The molecule has 1 heteroatoms. The van der Waals surface area contributed by atoms with Crippen LogP contribution in [0.15, 0.2) is 60.7 Å². The van der Waals surface area contributed by atoms with Crippen LogP contribution in [0.4, 0.5) is 0 Å². The van der Waals surface area contributed by atoms with Gasteiger partial charge in [-0.25, -0.2) is 0 Å². The molecule has 0 bridgehead atoms. The highest BCUT2D eigenvalue weighted by molar-refractivity contribution is 5.23. The van der Waals surface area contributed by atoms with E-state index >= 15 is 0 Å². The Balaban J connectivity index is 1.87. The third-order valence-electron chi connectivity index (χ3n) is 2.72. The molecule has 2 aromatic carbocycles. The predicted molar refractivity (Wildman–Crippen MR) is 76.0 cm³/mol. The molecule has 0 saturated carbocycles. The monoisotopic (exact) mass is 235 g/mol. The van der Waals surface area contributed by atoms with Crippen molar-refractivity contribution in [3.05, 3.63) is 71.8 Å². The van der Waals surface area contributed by atoms with E-state index in [-0.39, 0.29) is 6.04 Å². The summed E-state index contributed by atoms with van der Waals surface area (Å²) in [6.45, 7) is 0. The zero-order valence-corrected chi connectivity index (χ0v) is 10.3. The van der Waals surface area contributed by atoms with Crippen LogP contribution >= 0.6 is 0 Å². The Hall–Kier alpha value is -2.04. The van der Waals surface area contributed by atoms with E-state index in [9.17, 15) is 0 Å². The minimum atomic E-state index is -0.0869. The Kier molecular flexibility index (Phi) is 4.58. The molecule has 18 heavy (non-hydrogen) atoms. The van der Waals surface area contributed by atoms with Crippen molar-refractivity contribution in [1.29, 1.82) is 0 Å². The minimum Gasteiger partial charge on any atom is -0.317 e. The summed E-state index contributed by atoms with van der Waals surface area (Å²) in [6.07, 6.45) is 1.58. The maximum absolute atomic E-state index is 6.00. The lowest BCUT2D eigenvalue weighted by Gasteiger charge is -2.03. The van der Waals surface area contributed by atoms with Gasteiger partial charge in [-0.2, -0.15) is 0 Å². The van der Waals surface area contributed by atoms with Crippen molar-refractivity contribution in [2.24, 2.45) is 5.73 Å². The molecule has 0 saturated heterocycles. The molecule has 1 nitrogen and oxygen atoms in total. The molecule has 2 aromatic rings. The molecule has 90 valence electrons. The molecule has 0 radical (unpaired) electrons. The quantitative estimate of drug-likeness (QED) is 0.813. The van der Waals surface area contributed by atoms with Crippen LogP contribution in [0.2, 0.25) is 0 Å². The molecule has 0 heterocycles. The van der Waals surface area contributed by atoms with Crippen LogP contribution in [0.1, 0.15) is 11.1 Å². The average molecular weight is 235 g/mol. The first kappa shape index (κ1) is 12.4. The van der Waals surface area contributed by atoms with Gasteiger partial charge in [0.05, 0.1) is 6.04 Å². The van der Waals surface area contributed by atoms with Crippen molar-refractivity contribution in [3.63, 3.8) is 0 Å². The van der Waals surface area contributed by atoms with Crippen molar-refractivity contribution in [2.45, 2.75) is 18.9 Å². The van der Waals surface area contributed by atoms with Gasteiger partial charge in [0.15, 0.2) is 0 Å². The van der Waals surface area contributed by atoms with Gasteiger partial charge in [0.25, 0.3) is 0 Å². The smallest absolute Gasteiger partial charge is 0.0705 e. The maximum atomic E-state index is 6.00. The molecule has 2 N–H and O–H groups in total. The summed E-state index contributed by atoms with van der Waals surface area (Å²) >= 11 is 0. The standard InChI is InChI=1S/C17H17N/c18-17(14-16-10-5-2-6-11-16)13-7-12-15-8-3-1-4-9-15/h1-6,8-11,17H,12,14,18H2. The van der Waals surface area contributed by atoms with Crippen LogP contribution in [0, 0.1) is 11.8 Å². The topological polar surface area (TPSA) is 26.0 Å². The Bertz CT molecular complexity index is 520. The Morgan fingerprint density at radius 1 is 0.833 bits per heavy atom. The second-order valence-electron chi connectivity index (χ2n) is 4.28. The number of hydrogen-bond acceptors (Lipinski definition) is 1. The first-order valence-electron chi connectivity index (χ1n) is 6.16. The first-order chi connectivity index (χ1) is 8.84. The van der Waals surface area contributed by atoms with E-state index in [1.54, 1.807) is 0 Å². The fourth-order valence-electron chi connectivity index (χ4n) is 1.80. The highest BCUT2D eigenvalue weighted by atomic mass is 14.6. The fraction of sp³-hybridized carbons (Fsp3) is 0.176. The molecule has 0 aliphatic carbocycles. The zero-order chi connectivity index (χ0) is 12.6. The Morgan fingerprint density at radius 2 is 1.39 bits per heavy atom. The van der Waals surface area contributed by atoms with Gasteiger partial charge in [-0.3, -0.25) is 0 Å². The van der Waals surface area contributed by atoms with Crippen LogP contribution in [0.25, 0.3) is 0 Å². The molecule has 0 aromatic heterocycles. The summed E-state index contributed by atoms with van der Waals surface area (Å²) in [5, 5.41) is 0. The van der Waals surface area contributed by atoms with Crippen LogP contribution in [-0.2, 0) is 12.8 Å². The lowest BCUT2D eigenvalue weighted by atomic mass is 10.1. The summed E-state index contributed by atoms with van der Waals surface area (Å²) < 4.78 is 0. The Morgan fingerprint density at radius 3 is 2.00 bits per heavy atom. The molecule has 0 aliphatic rings. The number of rotatable bonds is 3. The van der Waals surface area contributed by atoms with E-state index in [1.807, 2.05) is 36.4 Å². The lowest BCUT2D eigenvalue weighted by Crippen LogP contribution is -2.20. The highest BCUT2D eigenvalue weighted by Crippen LogP contribution is 2.02. The lowest BCUT2D eigenvalue weighted by molar-refractivity contribution is 0.834.